The number of nitrogen functional groups attached to an aromatic ring is 1. The van der Waals surface area contributed by atoms with E-state index >= 15 is 0 Å². The molecule has 0 aliphatic heterocycles. The van der Waals surface area contributed by atoms with E-state index in [9.17, 15) is 0 Å². The van der Waals surface area contributed by atoms with E-state index in [1.807, 2.05) is 24.3 Å². The molecule has 2 atom stereocenters. The highest BCUT2D eigenvalue weighted by atomic mass is 16.5. The van der Waals surface area contributed by atoms with Crippen LogP contribution in [0.3, 0.4) is 0 Å². The number of aryl methyl sites for hydroxylation is 1. The molecule has 3 aromatic carbocycles. The number of benzene rings is 3. The third kappa shape index (κ3) is 6.86. The number of unbranched alkanes of at least 4 members (excludes halogenated alkanes) is 2. The lowest BCUT2D eigenvalue weighted by Crippen LogP contribution is -2.25. The van der Waals surface area contributed by atoms with E-state index in [-0.39, 0.29) is 12.1 Å². The van der Waals surface area contributed by atoms with Crippen molar-refractivity contribution in [3.63, 3.8) is 0 Å². The van der Waals surface area contributed by atoms with Gasteiger partial charge in [-0.2, -0.15) is 0 Å². The van der Waals surface area contributed by atoms with Gasteiger partial charge in [-0.15, -0.1) is 0 Å². The Labute approximate surface area is 187 Å². The molecule has 0 aliphatic carbocycles. The van der Waals surface area contributed by atoms with Crippen LogP contribution in [0.25, 0.3) is 0 Å². The number of ether oxygens (including phenoxy) is 1. The highest BCUT2D eigenvalue weighted by Gasteiger charge is 2.17. The van der Waals surface area contributed by atoms with Crippen molar-refractivity contribution >= 4 is 5.69 Å². The van der Waals surface area contributed by atoms with Crippen LogP contribution in [0.2, 0.25) is 0 Å². The molecule has 3 rings (SSSR count). The molecule has 0 aliphatic rings. The van der Waals surface area contributed by atoms with Gasteiger partial charge in [0.2, 0.25) is 0 Å². The lowest BCUT2D eigenvalue weighted by molar-refractivity contribution is 0.307. The summed E-state index contributed by atoms with van der Waals surface area (Å²) < 4.78 is 5.97. The first-order chi connectivity index (χ1) is 15.1. The Kier molecular flexibility index (Phi) is 8.54. The molecule has 0 heterocycles. The van der Waals surface area contributed by atoms with Gasteiger partial charge in [0.05, 0.1) is 5.69 Å². The highest BCUT2D eigenvalue weighted by molar-refractivity contribution is 5.55. The Hall–Kier alpha value is -2.78. The van der Waals surface area contributed by atoms with Crippen molar-refractivity contribution in [2.75, 3.05) is 5.73 Å². The lowest BCUT2D eigenvalue weighted by atomic mass is 9.97. The fourth-order valence-corrected chi connectivity index (χ4v) is 3.85. The summed E-state index contributed by atoms with van der Waals surface area (Å²) in [4.78, 5) is 0. The maximum absolute atomic E-state index is 6.38. The second-order valence-electron chi connectivity index (χ2n) is 8.42. The molecular weight excluding hydrogens is 380 g/mol. The molecule has 0 bridgehead atoms. The average Bonchev–Trinajstić information content (AvgIpc) is 2.79. The van der Waals surface area contributed by atoms with Crippen LogP contribution in [0.15, 0.2) is 72.8 Å². The van der Waals surface area contributed by atoms with Crippen LogP contribution < -0.4 is 15.8 Å². The van der Waals surface area contributed by atoms with Gasteiger partial charge in [0.25, 0.3) is 0 Å². The Morgan fingerprint density at radius 3 is 2.29 bits per heavy atom. The second-order valence-corrected chi connectivity index (χ2v) is 8.42. The Morgan fingerprint density at radius 1 is 0.903 bits per heavy atom. The molecule has 3 heteroatoms. The van der Waals surface area contributed by atoms with E-state index < -0.39 is 0 Å². The molecule has 0 spiro atoms. The second kappa shape index (κ2) is 11.6. The van der Waals surface area contributed by atoms with E-state index in [0.29, 0.717) is 12.3 Å². The van der Waals surface area contributed by atoms with Crippen molar-refractivity contribution < 1.29 is 4.74 Å². The van der Waals surface area contributed by atoms with Crippen molar-refractivity contribution in [1.82, 2.24) is 5.32 Å². The summed E-state index contributed by atoms with van der Waals surface area (Å²) in [7, 11) is 0. The maximum atomic E-state index is 6.38. The molecule has 2 unspecified atom stereocenters. The van der Waals surface area contributed by atoms with Crippen LogP contribution in [-0.4, -0.2) is 0 Å². The predicted octanol–water partition coefficient (Wildman–Crippen LogP) is 7.13. The summed E-state index contributed by atoms with van der Waals surface area (Å²) in [5.41, 5.74) is 12.0. The fourth-order valence-electron chi connectivity index (χ4n) is 3.85. The summed E-state index contributed by atoms with van der Waals surface area (Å²) in [6.07, 6.45) is 4.74. The van der Waals surface area contributed by atoms with Crippen LogP contribution >= 0.6 is 0 Å². The quantitative estimate of drug-likeness (QED) is 0.258. The minimum absolute atomic E-state index is 0.258. The largest absolute Gasteiger partial charge is 0.487 e. The number of hydrogen-bond donors (Lipinski definition) is 2. The number of nitrogens with two attached hydrogens (primary N) is 1. The zero-order chi connectivity index (χ0) is 22.1. The zero-order valence-electron chi connectivity index (χ0n) is 19.1. The SMILES string of the molecule is CCCCCC(NC(C)c1ccc(C)cc1)c1ccc(OCc2ccccc2)c(N)c1. The number of rotatable bonds is 11. The highest BCUT2D eigenvalue weighted by Crippen LogP contribution is 2.30. The molecule has 0 saturated carbocycles. The first-order valence-electron chi connectivity index (χ1n) is 11.5. The van der Waals surface area contributed by atoms with Crippen molar-refractivity contribution in [2.45, 2.75) is 65.1 Å². The molecule has 0 amide bonds. The van der Waals surface area contributed by atoms with Crippen molar-refractivity contribution in [1.29, 1.82) is 0 Å². The van der Waals surface area contributed by atoms with Crippen LogP contribution in [0.5, 0.6) is 5.75 Å². The molecule has 164 valence electrons. The lowest BCUT2D eigenvalue weighted by Gasteiger charge is -2.25. The molecule has 0 fully saturated rings. The van der Waals surface area contributed by atoms with Crippen LogP contribution in [0.4, 0.5) is 5.69 Å². The monoisotopic (exact) mass is 416 g/mol. The standard InChI is InChI=1S/C28H36N2O/c1-4-5-7-12-27(30-22(3)24-15-13-21(2)14-16-24)25-17-18-28(26(29)19-25)31-20-23-10-8-6-9-11-23/h6,8-11,13-19,22,27,30H,4-5,7,12,20,29H2,1-3H3. The summed E-state index contributed by atoms with van der Waals surface area (Å²) in [5, 5.41) is 3.84. The van der Waals surface area contributed by atoms with E-state index in [0.717, 1.165) is 17.7 Å². The normalized spacial score (nSPS) is 13.0. The van der Waals surface area contributed by atoms with Crippen molar-refractivity contribution in [3.05, 3.63) is 95.1 Å². The van der Waals surface area contributed by atoms with Gasteiger partial charge < -0.3 is 15.8 Å². The third-order valence-electron chi connectivity index (χ3n) is 5.80. The van der Waals surface area contributed by atoms with Gasteiger partial charge >= 0.3 is 0 Å². The van der Waals surface area contributed by atoms with Gasteiger partial charge in [-0.1, -0.05) is 92.4 Å². The van der Waals surface area contributed by atoms with Gasteiger partial charge in [0.1, 0.15) is 12.4 Å². The minimum atomic E-state index is 0.258. The number of anilines is 1. The van der Waals surface area contributed by atoms with Gasteiger partial charge in [-0.05, 0) is 49.1 Å². The predicted molar refractivity (Wildman–Crippen MR) is 131 cm³/mol. The Morgan fingerprint density at radius 2 is 1.61 bits per heavy atom. The fraction of sp³-hybridized carbons (Fsp3) is 0.357. The summed E-state index contributed by atoms with van der Waals surface area (Å²) in [5.74, 6) is 0.742. The average molecular weight is 417 g/mol. The molecule has 0 aromatic heterocycles. The van der Waals surface area contributed by atoms with Crippen LogP contribution in [-0.2, 0) is 6.61 Å². The summed E-state index contributed by atoms with van der Waals surface area (Å²) >= 11 is 0. The maximum Gasteiger partial charge on any atom is 0.142 e. The molecular formula is C28H36N2O. The van der Waals surface area contributed by atoms with Gasteiger partial charge in [0.15, 0.2) is 0 Å². The Balaban J connectivity index is 1.71. The minimum Gasteiger partial charge on any atom is -0.487 e. The van der Waals surface area contributed by atoms with Gasteiger partial charge in [-0.25, -0.2) is 0 Å². The van der Waals surface area contributed by atoms with Crippen molar-refractivity contribution in [3.8, 4) is 5.75 Å². The first-order valence-corrected chi connectivity index (χ1v) is 11.5. The van der Waals surface area contributed by atoms with Crippen LogP contribution in [0, 0.1) is 6.92 Å². The van der Waals surface area contributed by atoms with E-state index in [1.54, 1.807) is 0 Å². The summed E-state index contributed by atoms with van der Waals surface area (Å²) in [6.45, 7) is 7.12. The Bertz CT molecular complexity index is 922. The third-order valence-corrected chi connectivity index (χ3v) is 5.80. The van der Waals surface area contributed by atoms with Gasteiger partial charge in [-0.3, -0.25) is 0 Å². The molecule has 3 N–H and O–H groups in total. The van der Waals surface area contributed by atoms with Crippen LogP contribution in [0.1, 0.15) is 73.9 Å². The smallest absolute Gasteiger partial charge is 0.142 e. The van der Waals surface area contributed by atoms with E-state index in [1.165, 1.54) is 36.0 Å². The molecule has 3 aromatic rings. The molecule has 0 saturated heterocycles. The molecule has 0 radical (unpaired) electrons. The van der Waals surface area contributed by atoms with E-state index in [4.69, 9.17) is 10.5 Å². The summed E-state index contributed by atoms with van der Waals surface area (Å²) in [6, 6.07) is 25.7. The van der Waals surface area contributed by atoms with Crippen molar-refractivity contribution in [2.24, 2.45) is 0 Å². The number of nitrogens with one attached hydrogen (secondary N) is 1. The number of hydrogen-bond acceptors (Lipinski definition) is 3. The molecule has 31 heavy (non-hydrogen) atoms. The van der Waals surface area contributed by atoms with E-state index in [2.05, 4.69) is 74.6 Å². The van der Waals surface area contributed by atoms with Gasteiger partial charge in [0, 0.05) is 12.1 Å². The zero-order valence-corrected chi connectivity index (χ0v) is 19.1. The topological polar surface area (TPSA) is 47.3 Å². The first kappa shape index (κ1) is 22.9. The molecule has 3 nitrogen and oxygen atoms in total.